The molecule has 4 nitrogen and oxygen atoms in total. The maximum Gasteiger partial charge on any atom is 0.253 e. The Morgan fingerprint density at radius 3 is 2.65 bits per heavy atom. The van der Waals surface area contributed by atoms with Crippen LogP contribution in [0.15, 0.2) is 53.0 Å². The van der Waals surface area contributed by atoms with Crippen LogP contribution in [0, 0.1) is 5.92 Å². The molecule has 2 N–H and O–H groups in total. The van der Waals surface area contributed by atoms with Gasteiger partial charge in [-0.05, 0) is 61.3 Å². The normalized spacial score (nSPS) is 17.3. The number of carbonyl (C=O) groups is 1. The van der Waals surface area contributed by atoms with E-state index in [2.05, 4.69) is 15.9 Å². The molecule has 0 saturated carbocycles. The van der Waals surface area contributed by atoms with Crippen LogP contribution in [0.3, 0.4) is 0 Å². The molecule has 1 saturated heterocycles. The Kier molecular flexibility index (Phi) is 4.98. The Bertz CT molecular complexity index is 688. The molecule has 5 heteroatoms. The number of nitrogens with two attached hydrogens (primary N) is 1. The molecule has 0 bridgehead atoms. The minimum Gasteiger partial charge on any atom is -0.457 e. The van der Waals surface area contributed by atoms with Gasteiger partial charge >= 0.3 is 0 Å². The van der Waals surface area contributed by atoms with Gasteiger partial charge in [-0.3, -0.25) is 4.79 Å². The van der Waals surface area contributed by atoms with Crippen LogP contribution >= 0.6 is 15.9 Å². The number of hydrogen-bond acceptors (Lipinski definition) is 3. The van der Waals surface area contributed by atoms with Gasteiger partial charge in [-0.1, -0.05) is 22.0 Å². The highest BCUT2D eigenvalue weighted by molar-refractivity contribution is 9.10. The molecule has 1 aliphatic heterocycles. The third kappa shape index (κ3) is 3.92. The first-order valence-electron chi connectivity index (χ1n) is 7.68. The van der Waals surface area contributed by atoms with Crippen LogP contribution in [0.25, 0.3) is 0 Å². The van der Waals surface area contributed by atoms with E-state index >= 15 is 0 Å². The third-order valence-electron chi connectivity index (χ3n) is 4.04. The molecule has 2 aromatic rings. The smallest absolute Gasteiger partial charge is 0.253 e. The monoisotopic (exact) mass is 374 g/mol. The summed E-state index contributed by atoms with van der Waals surface area (Å²) in [4.78, 5) is 14.3. The fourth-order valence-corrected chi connectivity index (χ4v) is 3.10. The lowest BCUT2D eigenvalue weighted by Gasteiger charge is -2.16. The van der Waals surface area contributed by atoms with Gasteiger partial charge in [0.25, 0.3) is 5.91 Å². The zero-order chi connectivity index (χ0) is 16.2. The minimum atomic E-state index is 0.0648. The number of ether oxygens (including phenoxy) is 1. The molecule has 0 radical (unpaired) electrons. The number of rotatable bonds is 4. The predicted octanol–water partition coefficient (Wildman–Crippen LogP) is 3.66. The van der Waals surface area contributed by atoms with E-state index in [-0.39, 0.29) is 5.91 Å². The van der Waals surface area contributed by atoms with Crippen LogP contribution in [-0.2, 0) is 0 Å². The highest BCUT2D eigenvalue weighted by atomic mass is 79.9. The molecule has 2 aromatic carbocycles. The number of amides is 1. The van der Waals surface area contributed by atoms with Crippen LogP contribution < -0.4 is 10.5 Å². The molecule has 120 valence electrons. The molecular weight excluding hydrogens is 356 g/mol. The van der Waals surface area contributed by atoms with Gasteiger partial charge in [-0.25, -0.2) is 0 Å². The molecule has 0 aliphatic carbocycles. The van der Waals surface area contributed by atoms with Crippen molar-refractivity contribution in [1.82, 2.24) is 4.90 Å². The van der Waals surface area contributed by atoms with E-state index in [0.717, 1.165) is 29.7 Å². The Balaban J connectivity index is 1.66. The number of carbonyl (C=O) groups excluding carboxylic acids is 1. The van der Waals surface area contributed by atoms with Gasteiger partial charge in [0.1, 0.15) is 11.5 Å². The van der Waals surface area contributed by atoms with Crippen molar-refractivity contribution in [3.63, 3.8) is 0 Å². The molecule has 23 heavy (non-hydrogen) atoms. The maximum atomic E-state index is 12.5. The first kappa shape index (κ1) is 16.0. The van der Waals surface area contributed by atoms with Crippen molar-refractivity contribution in [1.29, 1.82) is 0 Å². The first-order valence-corrected chi connectivity index (χ1v) is 8.48. The first-order chi connectivity index (χ1) is 11.2. The van der Waals surface area contributed by atoms with Gasteiger partial charge in [-0.15, -0.1) is 0 Å². The molecule has 1 fully saturated rings. The quantitative estimate of drug-likeness (QED) is 0.888. The van der Waals surface area contributed by atoms with E-state index in [0.29, 0.717) is 23.8 Å². The van der Waals surface area contributed by atoms with E-state index in [1.165, 1.54) is 0 Å². The van der Waals surface area contributed by atoms with Crippen LogP contribution in [-0.4, -0.2) is 30.4 Å². The zero-order valence-corrected chi connectivity index (χ0v) is 14.3. The summed E-state index contributed by atoms with van der Waals surface area (Å²) in [6.07, 6.45) is 0.992. The Labute approximate surface area is 144 Å². The number of nitrogens with zero attached hydrogens (tertiary/aromatic N) is 1. The van der Waals surface area contributed by atoms with E-state index in [4.69, 9.17) is 10.5 Å². The predicted molar refractivity (Wildman–Crippen MR) is 93.7 cm³/mol. The molecule has 1 heterocycles. The SMILES string of the molecule is NCC1CCN(C(=O)c2ccc(Oc3cccc(Br)c3)cc2)C1. The lowest BCUT2D eigenvalue weighted by Crippen LogP contribution is -2.29. The number of hydrogen-bond donors (Lipinski definition) is 1. The maximum absolute atomic E-state index is 12.5. The van der Waals surface area contributed by atoms with Gasteiger partial charge in [0.05, 0.1) is 0 Å². The van der Waals surface area contributed by atoms with Gasteiger partial charge in [0, 0.05) is 23.1 Å². The summed E-state index contributed by atoms with van der Waals surface area (Å²) in [5.41, 5.74) is 6.37. The summed E-state index contributed by atoms with van der Waals surface area (Å²) in [6.45, 7) is 2.19. The van der Waals surface area contributed by atoms with E-state index in [1.807, 2.05) is 53.4 Å². The summed E-state index contributed by atoms with van der Waals surface area (Å²) < 4.78 is 6.75. The fraction of sp³-hybridized carbons (Fsp3) is 0.278. The van der Waals surface area contributed by atoms with Crippen molar-refractivity contribution in [3.8, 4) is 11.5 Å². The van der Waals surface area contributed by atoms with Crippen LogP contribution in [0.2, 0.25) is 0 Å². The van der Waals surface area contributed by atoms with Crippen molar-refractivity contribution < 1.29 is 9.53 Å². The summed E-state index contributed by atoms with van der Waals surface area (Å²) >= 11 is 3.42. The molecule has 3 rings (SSSR count). The fourth-order valence-electron chi connectivity index (χ4n) is 2.72. The average molecular weight is 375 g/mol. The summed E-state index contributed by atoms with van der Waals surface area (Å²) in [5.74, 6) is 1.96. The molecular formula is C18H19BrN2O2. The van der Waals surface area contributed by atoms with E-state index in [1.54, 1.807) is 0 Å². The van der Waals surface area contributed by atoms with Crippen molar-refractivity contribution in [2.75, 3.05) is 19.6 Å². The summed E-state index contributed by atoms with van der Waals surface area (Å²) in [6, 6.07) is 14.9. The lowest BCUT2D eigenvalue weighted by atomic mass is 10.1. The van der Waals surface area contributed by atoms with Crippen molar-refractivity contribution in [2.45, 2.75) is 6.42 Å². The van der Waals surface area contributed by atoms with E-state index in [9.17, 15) is 4.79 Å². The minimum absolute atomic E-state index is 0.0648. The number of halogens is 1. The van der Waals surface area contributed by atoms with Crippen molar-refractivity contribution in [2.24, 2.45) is 11.7 Å². The lowest BCUT2D eigenvalue weighted by molar-refractivity contribution is 0.0787. The molecule has 1 atom stereocenters. The van der Waals surface area contributed by atoms with Crippen molar-refractivity contribution in [3.05, 3.63) is 58.6 Å². The van der Waals surface area contributed by atoms with Crippen LogP contribution in [0.5, 0.6) is 11.5 Å². The zero-order valence-electron chi connectivity index (χ0n) is 12.7. The second kappa shape index (κ2) is 7.15. The molecule has 0 aromatic heterocycles. The Morgan fingerprint density at radius 1 is 1.22 bits per heavy atom. The van der Waals surface area contributed by atoms with Crippen LogP contribution in [0.4, 0.5) is 0 Å². The second-order valence-electron chi connectivity index (χ2n) is 5.73. The van der Waals surface area contributed by atoms with Gasteiger partial charge < -0.3 is 15.4 Å². The molecule has 1 aliphatic rings. The Morgan fingerprint density at radius 2 is 2.00 bits per heavy atom. The molecule has 0 spiro atoms. The second-order valence-corrected chi connectivity index (χ2v) is 6.64. The summed E-state index contributed by atoms with van der Waals surface area (Å²) in [7, 11) is 0. The van der Waals surface area contributed by atoms with Crippen molar-refractivity contribution >= 4 is 21.8 Å². The Hall–Kier alpha value is -1.85. The average Bonchev–Trinajstić information content (AvgIpc) is 3.04. The number of benzene rings is 2. The topological polar surface area (TPSA) is 55.6 Å². The van der Waals surface area contributed by atoms with Crippen LogP contribution in [0.1, 0.15) is 16.8 Å². The summed E-state index contributed by atoms with van der Waals surface area (Å²) in [5, 5.41) is 0. The standard InChI is InChI=1S/C18H19BrN2O2/c19-15-2-1-3-17(10-15)23-16-6-4-14(5-7-16)18(22)21-9-8-13(11-20)12-21/h1-7,10,13H,8-9,11-12,20H2. The highest BCUT2D eigenvalue weighted by Gasteiger charge is 2.25. The molecule has 1 amide bonds. The van der Waals surface area contributed by atoms with Gasteiger partial charge in [0.15, 0.2) is 0 Å². The highest BCUT2D eigenvalue weighted by Crippen LogP contribution is 2.25. The number of likely N-dealkylation sites (tertiary alicyclic amines) is 1. The van der Waals surface area contributed by atoms with Gasteiger partial charge in [0.2, 0.25) is 0 Å². The van der Waals surface area contributed by atoms with Gasteiger partial charge in [-0.2, -0.15) is 0 Å². The third-order valence-corrected chi connectivity index (χ3v) is 4.53. The largest absolute Gasteiger partial charge is 0.457 e. The molecule has 1 unspecified atom stereocenters. The van der Waals surface area contributed by atoms with E-state index < -0.39 is 0 Å².